The summed E-state index contributed by atoms with van der Waals surface area (Å²) in [7, 11) is 1.57. The van der Waals surface area contributed by atoms with Gasteiger partial charge in [-0.25, -0.2) is 9.59 Å². The molecule has 48 heavy (non-hydrogen) atoms. The van der Waals surface area contributed by atoms with E-state index in [0.29, 0.717) is 44.4 Å². The highest BCUT2D eigenvalue weighted by atomic mass is 16.5. The molecule has 262 valence electrons. The number of amides is 4. The highest BCUT2D eigenvalue weighted by Crippen LogP contribution is 2.22. The molecule has 1 saturated heterocycles. The average molecular weight is 668 g/mol. The summed E-state index contributed by atoms with van der Waals surface area (Å²) >= 11 is 0. The maximum Gasteiger partial charge on any atom is 0.407 e. The largest absolute Gasteiger partial charge is 0.497 e. The van der Waals surface area contributed by atoms with Crippen LogP contribution in [-0.4, -0.2) is 84.2 Å². The molecule has 1 aliphatic rings. The van der Waals surface area contributed by atoms with Crippen molar-refractivity contribution in [2.24, 2.45) is 11.7 Å². The minimum Gasteiger partial charge on any atom is -0.497 e. The Morgan fingerprint density at radius 2 is 1.71 bits per heavy atom. The number of nitrogens with two attached hydrogens (primary N) is 1. The Labute approximate surface area is 281 Å². The maximum absolute atomic E-state index is 13.8. The fourth-order valence-electron chi connectivity index (χ4n) is 5.50. The summed E-state index contributed by atoms with van der Waals surface area (Å²) in [5.41, 5.74) is 7.92. The summed E-state index contributed by atoms with van der Waals surface area (Å²) < 4.78 is 10.3. The predicted molar refractivity (Wildman–Crippen MR) is 179 cm³/mol. The van der Waals surface area contributed by atoms with Crippen LogP contribution in [0.5, 0.6) is 5.75 Å². The smallest absolute Gasteiger partial charge is 0.407 e. The standard InChI is InChI=1S/C35H49N5O8/c1-4-23(2)30(39-31(41)27(36)21-24-15-17-26(47-3)18-16-24)33(43)40-20-10-14-29(40)32(42)38-28(34(44)45)13-8-9-19-37-35(46)48-22-25-11-6-5-7-12-25/h5-7,11-12,15-18,23,27-30H,4,8-10,13-14,19-22,36H2,1-3H3,(H,37,46)(H,38,42)(H,39,41)(H,44,45)/t23-,27+,28-,29-,30-/m0/s1. The summed E-state index contributed by atoms with van der Waals surface area (Å²) in [6.07, 6.45) is 2.25. The number of aliphatic carboxylic acids is 1. The number of rotatable bonds is 18. The van der Waals surface area contributed by atoms with E-state index < -0.39 is 54.0 Å². The van der Waals surface area contributed by atoms with Gasteiger partial charge in [0.15, 0.2) is 0 Å². The molecule has 3 rings (SSSR count). The summed E-state index contributed by atoms with van der Waals surface area (Å²) in [5.74, 6) is -2.18. The first-order valence-electron chi connectivity index (χ1n) is 16.5. The number of alkyl carbamates (subject to hydrolysis) is 1. The molecule has 5 atom stereocenters. The van der Waals surface area contributed by atoms with Crippen molar-refractivity contribution in [1.82, 2.24) is 20.9 Å². The van der Waals surface area contributed by atoms with Gasteiger partial charge in [0, 0.05) is 13.1 Å². The lowest BCUT2D eigenvalue weighted by molar-refractivity contribution is -0.145. The number of nitrogens with one attached hydrogen (secondary N) is 3. The van der Waals surface area contributed by atoms with Gasteiger partial charge in [-0.2, -0.15) is 0 Å². The number of hydrogen-bond acceptors (Lipinski definition) is 8. The van der Waals surface area contributed by atoms with Gasteiger partial charge in [0.1, 0.15) is 30.5 Å². The molecule has 2 aromatic carbocycles. The van der Waals surface area contributed by atoms with Crippen LogP contribution in [0.4, 0.5) is 4.79 Å². The number of carboxylic acid groups (broad SMARTS) is 1. The van der Waals surface area contributed by atoms with Crippen molar-refractivity contribution in [2.45, 2.75) is 89.6 Å². The Kier molecular flexibility index (Phi) is 15.2. The quantitative estimate of drug-likeness (QED) is 0.149. The van der Waals surface area contributed by atoms with Gasteiger partial charge in [0.2, 0.25) is 17.7 Å². The van der Waals surface area contributed by atoms with E-state index in [0.717, 1.165) is 11.1 Å². The molecule has 1 aliphatic heterocycles. The first-order valence-corrected chi connectivity index (χ1v) is 16.5. The number of unbranched alkanes of at least 4 members (excludes halogenated alkanes) is 1. The first kappa shape index (κ1) is 37.8. The van der Waals surface area contributed by atoms with Gasteiger partial charge in [-0.1, -0.05) is 62.7 Å². The number of benzene rings is 2. The Hall–Kier alpha value is -4.65. The lowest BCUT2D eigenvalue weighted by Gasteiger charge is -2.32. The molecular weight excluding hydrogens is 618 g/mol. The zero-order valence-electron chi connectivity index (χ0n) is 28.0. The van der Waals surface area contributed by atoms with E-state index in [1.807, 2.05) is 56.3 Å². The van der Waals surface area contributed by atoms with E-state index in [-0.39, 0.29) is 31.9 Å². The third kappa shape index (κ3) is 11.5. The molecule has 6 N–H and O–H groups in total. The molecule has 13 nitrogen and oxygen atoms in total. The second-order valence-corrected chi connectivity index (χ2v) is 12.1. The number of carbonyl (C=O) groups excluding carboxylic acids is 4. The van der Waals surface area contributed by atoms with Crippen molar-refractivity contribution in [3.8, 4) is 5.75 Å². The van der Waals surface area contributed by atoms with Crippen LogP contribution in [0.15, 0.2) is 54.6 Å². The van der Waals surface area contributed by atoms with Gasteiger partial charge in [0.25, 0.3) is 0 Å². The van der Waals surface area contributed by atoms with Crippen LogP contribution in [0.1, 0.15) is 63.5 Å². The third-order valence-corrected chi connectivity index (χ3v) is 8.58. The van der Waals surface area contributed by atoms with Crippen LogP contribution in [0.3, 0.4) is 0 Å². The topological polar surface area (TPSA) is 189 Å². The number of ether oxygens (including phenoxy) is 2. The van der Waals surface area contributed by atoms with Gasteiger partial charge in [-0.3, -0.25) is 14.4 Å². The van der Waals surface area contributed by atoms with E-state index in [1.165, 1.54) is 4.90 Å². The highest BCUT2D eigenvalue weighted by molar-refractivity contribution is 5.94. The number of hydrogen-bond donors (Lipinski definition) is 5. The number of methoxy groups -OCH3 is 1. The predicted octanol–water partition coefficient (Wildman–Crippen LogP) is 2.75. The van der Waals surface area contributed by atoms with Gasteiger partial charge in [-0.15, -0.1) is 0 Å². The van der Waals surface area contributed by atoms with Crippen molar-refractivity contribution < 1.29 is 38.6 Å². The van der Waals surface area contributed by atoms with Gasteiger partial charge in [0.05, 0.1) is 13.2 Å². The lowest BCUT2D eigenvalue weighted by atomic mass is 9.96. The Morgan fingerprint density at radius 3 is 2.35 bits per heavy atom. The van der Waals surface area contributed by atoms with Crippen LogP contribution in [-0.2, 0) is 36.9 Å². The van der Waals surface area contributed by atoms with Gasteiger partial charge < -0.3 is 41.2 Å². The molecule has 13 heteroatoms. The summed E-state index contributed by atoms with van der Waals surface area (Å²) in [6.45, 7) is 4.49. The number of likely N-dealkylation sites (tertiary alicyclic amines) is 1. The first-order chi connectivity index (χ1) is 23.0. The van der Waals surface area contributed by atoms with Crippen molar-refractivity contribution in [3.05, 3.63) is 65.7 Å². The highest BCUT2D eigenvalue weighted by Gasteiger charge is 2.40. The van der Waals surface area contributed by atoms with Crippen molar-refractivity contribution >= 4 is 29.8 Å². The molecule has 0 bridgehead atoms. The molecule has 0 aromatic heterocycles. The minimum absolute atomic E-state index is 0.139. The van der Waals surface area contributed by atoms with Crippen LogP contribution in [0, 0.1) is 5.92 Å². The van der Waals surface area contributed by atoms with Crippen LogP contribution < -0.4 is 26.4 Å². The molecule has 0 aliphatic carbocycles. The molecule has 4 amide bonds. The number of nitrogens with zero attached hydrogens (tertiary/aromatic N) is 1. The zero-order chi connectivity index (χ0) is 35.1. The lowest BCUT2D eigenvalue weighted by Crippen LogP contribution is -2.58. The fraction of sp³-hybridized carbons (Fsp3) is 0.514. The number of carbonyl (C=O) groups is 5. The van der Waals surface area contributed by atoms with E-state index in [9.17, 15) is 29.1 Å². The normalized spacial score (nSPS) is 16.6. The zero-order valence-corrected chi connectivity index (χ0v) is 28.0. The van der Waals surface area contributed by atoms with E-state index in [4.69, 9.17) is 15.2 Å². The molecule has 0 unspecified atom stereocenters. The van der Waals surface area contributed by atoms with E-state index in [2.05, 4.69) is 16.0 Å². The van der Waals surface area contributed by atoms with Gasteiger partial charge in [-0.05, 0) is 67.7 Å². The molecule has 2 aromatic rings. The van der Waals surface area contributed by atoms with E-state index >= 15 is 0 Å². The van der Waals surface area contributed by atoms with Crippen LogP contribution >= 0.6 is 0 Å². The molecule has 1 fully saturated rings. The summed E-state index contributed by atoms with van der Waals surface area (Å²) in [6, 6.07) is 12.6. The molecule has 0 spiro atoms. The van der Waals surface area contributed by atoms with E-state index in [1.54, 1.807) is 19.2 Å². The molecule has 0 saturated carbocycles. The third-order valence-electron chi connectivity index (χ3n) is 8.58. The number of carboxylic acids is 1. The molecular formula is C35H49N5O8. The molecule has 0 radical (unpaired) electrons. The van der Waals surface area contributed by atoms with Crippen LogP contribution in [0.25, 0.3) is 0 Å². The summed E-state index contributed by atoms with van der Waals surface area (Å²) in [4.78, 5) is 65.6. The second kappa shape index (κ2) is 19.2. The second-order valence-electron chi connectivity index (χ2n) is 12.1. The average Bonchev–Trinajstić information content (AvgIpc) is 3.59. The van der Waals surface area contributed by atoms with Crippen molar-refractivity contribution in [1.29, 1.82) is 0 Å². The fourth-order valence-corrected chi connectivity index (χ4v) is 5.50. The SMILES string of the molecule is CC[C@H](C)[C@H](NC(=O)[C@H](N)Cc1ccc(OC)cc1)C(=O)N1CCC[C@H]1C(=O)N[C@@H](CCCCNC(=O)OCc1ccccc1)C(=O)O. The Bertz CT molecular complexity index is 1360. The van der Waals surface area contributed by atoms with Crippen molar-refractivity contribution in [3.63, 3.8) is 0 Å². The van der Waals surface area contributed by atoms with Crippen molar-refractivity contribution in [2.75, 3.05) is 20.2 Å². The maximum atomic E-state index is 13.8. The summed E-state index contributed by atoms with van der Waals surface area (Å²) in [5, 5.41) is 17.8. The molecule has 1 heterocycles. The minimum atomic E-state index is -1.19. The Balaban J connectivity index is 1.51. The van der Waals surface area contributed by atoms with Gasteiger partial charge >= 0.3 is 12.1 Å². The monoisotopic (exact) mass is 667 g/mol. The Morgan fingerprint density at radius 1 is 1.00 bits per heavy atom. The van der Waals surface area contributed by atoms with Crippen LogP contribution in [0.2, 0.25) is 0 Å².